The molecule has 0 saturated heterocycles. The maximum Gasteiger partial charge on any atom is 0.390 e. The first-order chi connectivity index (χ1) is 15.9. The molecule has 170 valence electrons. The van der Waals surface area contributed by atoms with Crippen molar-refractivity contribution in [1.29, 1.82) is 0 Å². The van der Waals surface area contributed by atoms with Gasteiger partial charge in [0, 0.05) is 24.5 Å². The number of fused-ring (bicyclic) bond motifs is 3. The van der Waals surface area contributed by atoms with E-state index in [1.165, 1.54) is 0 Å². The normalized spacial score (nSPS) is 15.4. The van der Waals surface area contributed by atoms with Crippen LogP contribution in [0.5, 0.6) is 0 Å². The Bertz CT molecular complexity index is 1280. The van der Waals surface area contributed by atoms with E-state index >= 15 is 0 Å². The van der Waals surface area contributed by atoms with Gasteiger partial charge in [0.05, 0.1) is 18.7 Å². The second-order valence-corrected chi connectivity index (χ2v) is 7.79. The summed E-state index contributed by atoms with van der Waals surface area (Å²) in [6.45, 7) is 3.47. The van der Waals surface area contributed by atoms with Crippen LogP contribution >= 0.6 is 0 Å². The number of alkyl halides is 3. The second-order valence-electron chi connectivity index (χ2n) is 7.79. The molecule has 1 unspecified atom stereocenters. The van der Waals surface area contributed by atoms with Gasteiger partial charge in [-0.3, -0.25) is 9.13 Å². The van der Waals surface area contributed by atoms with Gasteiger partial charge >= 0.3 is 6.18 Å². The van der Waals surface area contributed by atoms with Crippen LogP contribution < -0.4 is 4.90 Å². The van der Waals surface area contributed by atoms with Crippen molar-refractivity contribution in [3.8, 4) is 23.0 Å². The average Bonchev–Trinajstić information content (AvgIpc) is 3.44. The molecule has 0 aliphatic carbocycles. The minimum absolute atomic E-state index is 0.243. The minimum atomic E-state index is -4.29. The average molecular weight is 454 g/mol. The predicted octanol–water partition coefficient (Wildman–Crippen LogP) is 4.44. The van der Waals surface area contributed by atoms with E-state index in [1.54, 1.807) is 35.0 Å². The number of hydrogen-bond acceptors (Lipinski definition) is 6. The second kappa shape index (κ2) is 7.98. The first-order valence-corrected chi connectivity index (χ1v) is 10.6. The van der Waals surface area contributed by atoms with Crippen LogP contribution in [-0.4, -0.2) is 47.0 Å². The molecule has 4 aromatic rings. The zero-order chi connectivity index (χ0) is 23.2. The summed E-state index contributed by atoms with van der Waals surface area (Å²) in [4.78, 5) is 15.4. The van der Waals surface area contributed by atoms with Crippen LogP contribution in [0.15, 0.2) is 48.9 Å². The third-order valence-corrected chi connectivity index (χ3v) is 5.69. The highest BCUT2D eigenvalue weighted by atomic mass is 19.4. The summed E-state index contributed by atoms with van der Waals surface area (Å²) in [5, 5.41) is 8.41. The number of imidazole rings is 1. The van der Waals surface area contributed by atoms with Crippen molar-refractivity contribution >= 4 is 5.82 Å². The fourth-order valence-corrected chi connectivity index (χ4v) is 4.20. The van der Waals surface area contributed by atoms with Gasteiger partial charge in [0.15, 0.2) is 11.6 Å². The Morgan fingerprint density at radius 1 is 1.06 bits per heavy atom. The van der Waals surface area contributed by atoms with E-state index in [9.17, 15) is 13.2 Å². The Kier molecular flexibility index (Phi) is 5.10. The molecular weight excluding hydrogens is 433 g/mol. The molecule has 0 spiro atoms. The van der Waals surface area contributed by atoms with Crippen LogP contribution in [0.3, 0.4) is 0 Å². The van der Waals surface area contributed by atoms with Crippen molar-refractivity contribution in [2.75, 3.05) is 11.4 Å². The number of anilines is 1. The molecule has 8 nitrogen and oxygen atoms in total. The largest absolute Gasteiger partial charge is 0.390 e. The summed E-state index contributed by atoms with van der Waals surface area (Å²) in [7, 11) is 0. The van der Waals surface area contributed by atoms with Crippen LogP contribution in [0.1, 0.15) is 37.5 Å². The van der Waals surface area contributed by atoms with Gasteiger partial charge < -0.3 is 4.90 Å². The Hall–Kier alpha value is -3.76. The fraction of sp³-hybridized carbons (Fsp3) is 0.318. The fourth-order valence-electron chi connectivity index (χ4n) is 4.20. The van der Waals surface area contributed by atoms with Crippen LogP contribution in [0.2, 0.25) is 0 Å². The number of hydrogen-bond donors (Lipinski definition) is 0. The van der Waals surface area contributed by atoms with E-state index in [2.05, 4.69) is 20.2 Å². The van der Waals surface area contributed by atoms with Crippen molar-refractivity contribution in [1.82, 2.24) is 34.3 Å². The molecule has 0 radical (unpaired) electrons. The number of aromatic nitrogens is 7. The minimum Gasteiger partial charge on any atom is -0.344 e. The lowest BCUT2D eigenvalue weighted by Gasteiger charge is -2.37. The molecule has 1 atom stereocenters. The van der Waals surface area contributed by atoms with Crippen LogP contribution in [0.4, 0.5) is 19.0 Å². The van der Waals surface area contributed by atoms with Crippen molar-refractivity contribution in [2.24, 2.45) is 0 Å². The number of aryl methyl sites for hydroxylation is 1. The standard InChI is InChI=1S/C22H21F3N8/c1-3-16-20-30-29-14(2)33(20)17-13-27-21(28-19(17)31(16)11-9-22(23,24)25)32-12-10-26-18(32)15-7-5-4-6-8-15/h4-8,10,12-13,16H,3,9,11H2,1-2H3. The van der Waals surface area contributed by atoms with Gasteiger partial charge in [-0.25, -0.2) is 9.97 Å². The Labute approximate surface area is 187 Å². The smallest absolute Gasteiger partial charge is 0.344 e. The first-order valence-electron chi connectivity index (χ1n) is 10.6. The molecule has 1 aliphatic rings. The number of benzene rings is 1. The zero-order valence-corrected chi connectivity index (χ0v) is 18.0. The topological polar surface area (TPSA) is 77.5 Å². The van der Waals surface area contributed by atoms with E-state index in [4.69, 9.17) is 4.98 Å². The molecule has 0 bridgehead atoms. The molecule has 1 aromatic carbocycles. The van der Waals surface area contributed by atoms with Gasteiger partial charge in [-0.05, 0) is 13.3 Å². The quantitative estimate of drug-likeness (QED) is 0.444. The number of nitrogens with zero attached hydrogens (tertiary/aromatic N) is 8. The maximum atomic E-state index is 13.2. The molecule has 0 N–H and O–H groups in total. The summed E-state index contributed by atoms with van der Waals surface area (Å²) in [5.41, 5.74) is 1.44. The van der Waals surface area contributed by atoms with E-state index in [0.717, 1.165) is 5.56 Å². The molecule has 33 heavy (non-hydrogen) atoms. The summed E-state index contributed by atoms with van der Waals surface area (Å²) in [6.07, 6.45) is 0.285. The third-order valence-electron chi connectivity index (χ3n) is 5.69. The molecule has 11 heteroatoms. The Morgan fingerprint density at radius 3 is 2.58 bits per heavy atom. The zero-order valence-electron chi connectivity index (χ0n) is 18.0. The lowest BCUT2D eigenvalue weighted by Crippen LogP contribution is -2.38. The van der Waals surface area contributed by atoms with Crippen LogP contribution in [0, 0.1) is 6.92 Å². The molecule has 1 aliphatic heterocycles. The molecule has 5 rings (SSSR count). The molecule has 0 saturated carbocycles. The van der Waals surface area contributed by atoms with E-state index in [-0.39, 0.29) is 12.6 Å². The summed E-state index contributed by atoms with van der Waals surface area (Å²) in [5.74, 6) is 2.60. The van der Waals surface area contributed by atoms with E-state index in [0.29, 0.717) is 41.3 Å². The summed E-state index contributed by atoms with van der Waals surface area (Å²) < 4.78 is 43.0. The van der Waals surface area contributed by atoms with Crippen molar-refractivity contribution in [3.05, 3.63) is 60.6 Å². The predicted molar refractivity (Wildman–Crippen MR) is 115 cm³/mol. The molecule has 3 aromatic heterocycles. The molecule has 0 amide bonds. The summed E-state index contributed by atoms with van der Waals surface area (Å²) in [6, 6.07) is 9.18. The van der Waals surface area contributed by atoms with Gasteiger partial charge in [-0.15, -0.1) is 10.2 Å². The highest BCUT2D eigenvalue weighted by Crippen LogP contribution is 2.39. The SMILES string of the molecule is CCC1c2nnc(C)n2-c2cnc(-n3ccnc3-c3ccccc3)nc2N1CCC(F)(F)F. The number of halogens is 3. The number of rotatable bonds is 5. The van der Waals surface area contributed by atoms with Crippen LogP contribution in [0.25, 0.3) is 23.0 Å². The third kappa shape index (κ3) is 3.73. The van der Waals surface area contributed by atoms with Crippen molar-refractivity contribution in [3.63, 3.8) is 0 Å². The lowest BCUT2D eigenvalue weighted by atomic mass is 10.1. The Morgan fingerprint density at radius 2 is 1.85 bits per heavy atom. The molecular formula is C22H21F3N8. The van der Waals surface area contributed by atoms with Gasteiger partial charge in [0.1, 0.15) is 17.3 Å². The maximum absolute atomic E-state index is 13.2. The highest BCUT2D eigenvalue weighted by molar-refractivity contribution is 5.63. The first kappa shape index (κ1) is 21.1. The van der Waals surface area contributed by atoms with Crippen molar-refractivity contribution < 1.29 is 13.2 Å². The van der Waals surface area contributed by atoms with Gasteiger partial charge in [-0.1, -0.05) is 37.3 Å². The molecule has 4 heterocycles. The molecule has 0 fully saturated rings. The Balaban J connectivity index is 1.65. The van der Waals surface area contributed by atoms with Gasteiger partial charge in [0.25, 0.3) is 0 Å². The monoisotopic (exact) mass is 454 g/mol. The van der Waals surface area contributed by atoms with E-state index < -0.39 is 12.6 Å². The van der Waals surface area contributed by atoms with Gasteiger partial charge in [-0.2, -0.15) is 18.2 Å². The van der Waals surface area contributed by atoms with Crippen LogP contribution in [-0.2, 0) is 0 Å². The lowest BCUT2D eigenvalue weighted by molar-refractivity contribution is -0.132. The van der Waals surface area contributed by atoms with Gasteiger partial charge in [0.2, 0.25) is 5.95 Å². The van der Waals surface area contributed by atoms with Crippen molar-refractivity contribution in [2.45, 2.75) is 38.9 Å². The highest BCUT2D eigenvalue weighted by Gasteiger charge is 2.37. The summed E-state index contributed by atoms with van der Waals surface area (Å²) >= 11 is 0. The van der Waals surface area contributed by atoms with E-state index in [1.807, 2.05) is 41.8 Å².